The summed E-state index contributed by atoms with van der Waals surface area (Å²) in [5.41, 5.74) is 1.65. The van der Waals surface area contributed by atoms with Crippen LogP contribution in [0.4, 0.5) is 5.69 Å². The van der Waals surface area contributed by atoms with Crippen LogP contribution in [0.1, 0.15) is 15.9 Å². The lowest BCUT2D eigenvalue weighted by atomic mass is 10.1. The van der Waals surface area contributed by atoms with E-state index >= 15 is 0 Å². The molecule has 1 N–H and O–H groups in total. The Balaban J connectivity index is 1.84. The van der Waals surface area contributed by atoms with Crippen LogP contribution in [0.5, 0.6) is 5.75 Å². The number of carbonyl (C=O) groups is 1. The molecule has 3 rings (SSSR count). The second-order valence-electron chi connectivity index (χ2n) is 6.93. The number of halogens is 1. The van der Waals surface area contributed by atoms with E-state index in [-0.39, 0.29) is 17.3 Å². The van der Waals surface area contributed by atoms with Crippen molar-refractivity contribution in [2.45, 2.75) is 16.3 Å². The Labute approximate surface area is 197 Å². The lowest BCUT2D eigenvalue weighted by molar-refractivity contribution is 0.102. The van der Waals surface area contributed by atoms with Crippen LogP contribution >= 0.6 is 23.4 Å². The molecule has 0 aliphatic rings. The predicted molar refractivity (Wildman–Crippen MR) is 129 cm³/mol. The topological polar surface area (TPSA) is 75.7 Å². The molecule has 0 unspecified atom stereocenters. The minimum atomic E-state index is -3.75. The van der Waals surface area contributed by atoms with Gasteiger partial charge in [0.2, 0.25) is 10.0 Å². The minimum Gasteiger partial charge on any atom is -0.496 e. The maximum absolute atomic E-state index is 12.9. The molecule has 168 valence electrons. The highest BCUT2D eigenvalue weighted by molar-refractivity contribution is 7.98. The molecule has 0 heterocycles. The SMILES string of the molecule is COc1ccc(C(=O)Nc2cccc(SC)c2)cc1CN(C)S(=O)(=O)c1ccc(Cl)cc1. The Morgan fingerprint density at radius 2 is 1.81 bits per heavy atom. The molecule has 0 atom stereocenters. The van der Waals surface area contributed by atoms with Crippen molar-refractivity contribution in [2.24, 2.45) is 0 Å². The molecule has 0 aromatic heterocycles. The Kier molecular flexibility index (Phi) is 7.84. The fourth-order valence-corrected chi connectivity index (χ4v) is 4.79. The molecule has 3 aromatic rings. The van der Waals surface area contributed by atoms with E-state index in [1.807, 2.05) is 30.5 Å². The van der Waals surface area contributed by atoms with Gasteiger partial charge in [-0.05, 0) is 66.9 Å². The number of sulfonamides is 1. The lowest BCUT2D eigenvalue weighted by Gasteiger charge is -2.19. The average molecular weight is 491 g/mol. The summed E-state index contributed by atoms with van der Waals surface area (Å²) in [6.07, 6.45) is 1.96. The number of anilines is 1. The van der Waals surface area contributed by atoms with Gasteiger partial charge in [0, 0.05) is 40.3 Å². The maximum atomic E-state index is 12.9. The summed E-state index contributed by atoms with van der Waals surface area (Å²) in [7, 11) is -0.776. The molecule has 0 bridgehead atoms. The van der Waals surface area contributed by atoms with E-state index in [9.17, 15) is 13.2 Å². The van der Waals surface area contributed by atoms with Crippen molar-refractivity contribution in [2.75, 3.05) is 25.7 Å². The summed E-state index contributed by atoms with van der Waals surface area (Å²) < 4.78 is 32.5. The zero-order valence-corrected chi connectivity index (χ0v) is 20.2. The highest BCUT2D eigenvalue weighted by Crippen LogP contribution is 2.26. The highest BCUT2D eigenvalue weighted by Gasteiger charge is 2.22. The fraction of sp³-hybridized carbons (Fsp3) is 0.174. The number of nitrogens with one attached hydrogen (secondary N) is 1. The number of methoxy groups -OCH3 is 1. The zero-order valence-electron chi connectivity index (χ0n) is 17.8. The van der Waals surface area contributed by atoms with Crippen LogP contribution in [0.15, 0.2) is 76.5 Å². The van der Waals surface area contributed by atoms with E-state index < -0.39 is 10.0 Å². The van der Waals surface area contributed by atoms with E-state index in [0.29, 0.717) is 27.6 Å². The van der Waals surface area contributed by atoms with Gasteiger partial charge in [0.05, 0.1) is 12.0 Å². The molecule has 32 heavy (non-hydrogen) atoms. The van der Waals surface area contributed by atoms with Crippen LogP contribution in [0.3, 0.4) is 0 Å². The Morgan fingerprint density at radius 1 is 1.09 bits per heavy atom. The Morgan fingerprint density at radius 3 is 2.47 bits per heavy atom. The number of nitrogens with zero attached hydrogens (tertiary/aromatic N) is 1. The molecule has 0 spiro atoms. The standard InChI is InChI=1S/C23H23ClN2O4S2/c1-26(32(28,29)21-10-8-18(24)9-11-21)15-17-13-16(7-12-22(17)30-2)23(27)25-19-5-4-6-20(14-19)31-3/h4-14H,15H2,1-3H3,(H,25,27). The van der Waals surface area contributed by atoms with Gasteiger partial charge in [-0.3, -0.25) is 4.79 Å². The molecule has 0 aliphatic heterocycles. The first-order valence-corrected chi connectivity index (χ1v) is 12.6. The third-order valence-electron chi connectivity index (χ3n) is 4.79. The van der Waals surface area contributed by atoms with Crippen molar-refractivity contribution in [1.29, 1.82) is 0 Å². The van der Waals surface area contributed by atoms with Crippen molar-refractivity contribution >= 4 is 45.0 Å². The first kappa shape index (κ1) is 24.1. The maximum Gasteiger partial charge on any atom is 0.255 e. The van der Waals surface area contributed by atoms with Gasteiger partial charge in [0.1, 0.15) is 5.75 Å². The molecule has 0 fully saturated rings. The van der Waals surface area contributed by atoms with Crippen LogP contribution in [-0.4, -0.2) is 39.0 Å². The largest absolute Gasteiger partial charge is 0.496 e. The molecule has 1 amide bonds. The van der Waals surface area contributed by atoms with Gasteiger partial charge in [-0.15, -0.1) is 11.8 Å². The average Bonchev–Trinajstić information content (AvgIpc) is 2.79. The number of amides is 1. The highest BCUT2D eigenvalue weighted by atomic mass is 35.5. The molecule has 6 nitrogen and oxygen atoms in total. The summed E-state index contributed by atoms with van der Waals surface area (Å²) in [5, 5.41) is 3.33. The van der Waals surface area contributed by atoms with Gasteiger partial charge in [-0.25, -0.2) is 8.42 Å². The summed E-state index contributed by atoms with van der Waals surface area (Å²) in [4.78, 5) is 14.0. The molecular weight excluding hydrogens is 468 g/mol. The predicted octanol–water partition coefficient (Wildman–Crippen LogP) is 5.14. The number of hydrogen-bond acceptors (Lipinski definition) is 5. The summed E-state index contributed by atoms with van der Waals surface area (Å²) in [5.74, 6) is 0.194. The quantitative estimate of drug-likeness (QED) is 0.442. The number of carbonyl (C=O) groups excluding carboxylic acids is 1. The van der Waals surface area contributed by atoms with Crippen LogP contribution in [-0.2, 0) is 16.6 Å². The van der Waals surface area contributed by atoms with Crippen LogP contribution in [0.2, 0.25) is 5.02 Å². The third kappa shape index (κ3) is 5.63. The molecule has 0 radical (unpaired) electrons. The number of thioether (sulfide) groups is 1. The van der Waals surface area contributed by atoms with E-state index in [2.05, 4.69) is 5.32 Å². The first-order valence-electron chi connectivity index (χ1n) is 9.59. The monoisotopic (exact) mass is 490 g/mol. The van der Waals surface area contributed by atoms with E-state index in [4.69, 9.17) is 16.3 Å². The number of benzene rings is 3. The second kappa shape index (κ2) is 10.4. The van der Waals surface area contributed by atoms with Crippen molar-refractivity contribution in [3.8, 4) is 5.75 Å². The molecule has 9 heteroatoms. The van der Waals surface area contributed by atoms with E-state index in [1.54, 1.807) is 30.0 Å². The smallest absolute Gasteiger partial charge is 0.255 e. The second-order valence-corrected chi connectivity index (χ2v) is 10.3. The molecule has 0 saturated heterocycles. The fourth-order valence-electron chi connectivity index (χ4n) is 3.06. The summed E-state index contributed by atoms with van der Waals surface area (Å²) in [6, 6.07) is 18.4. The first-order chi connectivity index (χ1) is 15.2. The summed E-state index contributed by atoms with van der Waals surface area (Å²) in [6.45, 7) is 0.0250. The van der Waals surface area contributed by atoms with Crippen LogP contribution in [0, 0.1) is 0 Å². The molecular formula is C23H23ClN2O4S2. The zero-order chi connectivity index (χ0) is 23.3. The Bertz CT molecular complexity index is 1210. The van der Waals surface area contributed by atoms with Gasteiger partial charge in [-0.2, -0.15) is 4.31 Å². The van der Waals surface area contributed by atoms with E-state index in [0.717, 1.165) is 4.90 Å². The normalized spacial score (nSPS) is 11.4. The minimum absolute atomic E-state index is 0.0250. The number of hydrogen-bond donors (Lipinski definition) is 1. The number of rotatable bonds is 8. The third-order valence-corrected chi connectivity index (χ3v) is 7.58. The lowest BCUT2D eigenvalue weighted by Crippen LogP contribution is -2.27. The van der Waals surface area contributed by atoms with Gasteiger partial charge in [0.15, 0.2) is 0 Å². The van der Waals surface area contributed by atoms with Crippen molar-refractivity contribution in [3.63, 3.8) is 0 Å². The molecule has 3 aromatic carbocycles. The van der Waals surface area contributed by atoms with Crippen molar-refractivity contribution in [1.82, 2.24) is 4.31 Å². The number of ether oxygens (including phenoxy) is 1. The Hall–Kier alpha value is -2.52. The summed E-state index contributed by atoms with van der Waals surface area (Å²) >= 11 is 7.45. The van der Waals surface area contributed by atoms with Crippen LogP contribution < -0.4 is 10.1 Å². The van der Waals surface area contributed by atoms with Gasteiger partial charge < -0.3 is 10.1 Å². The van der Waals surface area contributed by atoms with Crippen molar-refractivity contribution < 1.29 is 17.9 Å². The van der Waals surface area contributed by atoms with Gasteiger partial charge in [0.25, 0.3) is 5.91 Å². The van der Waals surface area contributed by atoms with Gasteiger partial charge >= 0.3 is 0 Å². The molecule has 0 aliphatic carbocycles. The van der Waals surface area contributed by atoms with E-state index in [1.165, 1.54) is 42.7 Å². The molecule has 0 saturated carbocycles. The van der Waals surface area contributed by atoms with Crippen LogP contribution in [0.25, 0.3) is 0 Å². The van der Waals surface area contributed by atoms with Crippen molar-refractivity contribution in [3.05, 3.63) is 82.9 Å². The van der Waals surface area contributed by atoms with Gasteiger partial charge in [-0.1, -0.05) is 17.7 Å².